The highest BCUT2D eigenvalue weighted by atomic mass is 16.3. The molecule has 6 heteroatoms. The molecule has 1 aromatic rings. The molecule has 0 aromatic carbocycles. The molecule has 0 saturated heterocycles. The minimum absolute atomic E-state index is 0.0235. The number of nitrogens with zero attached hydrogens (tertiary/aromatic N) is 3. The summed E-state index contributed by atoms with van der Waals surface area (Å²) in [6, 6.07) is 0.227. The third-order valence-electron chi connectivity index (χ3n) is 3.49. The van der Waals surface area contributed by atoms with E-state index in [9.17, 15) is 4.79 Å². The van der Waals surface area contributed by atoms with Gasteiger partial charge >= 0.3 is 0 Å². The summed E-state index contributed by atoms with van der Waals surface area (Å²) in [5.74, 6) is 0.488. The maximum absolute atomic E-state index is 12.4. The van der Waals surface area contributed by atoms with E-state index < -0.39 is 0 Å². The number of carbonyl (C=O) groups excluding carboxylic acids is 1. The lowest BCUT2D eigenvalue weighted by Crippen LogP contribution is -2.41. The summed E-state index contributed by atoms with van der Waals surface area (Å²) in [6.45, 7) is 0.337. The Hall–Kier alpha value is -1.69. The van der Waals surface area contributed by atoms with Crippen molar-refractivity contribution < 1.29 is 9.90 Å². The van der Waals surface area contributed by atoms with Crippen molar-refractivity contribution in [3.8, 4) is 0 Å². The molecule has 19 heavy (non-hydrogen) atoms. The third kappa shape index (κ3) is 3.20. The van der Waals surface area contributed by atoms with E-state index in [1.165, 1.54) is 6.20 Å². The van der Waals surface area contributed by atoms with Crippen LogP contribution in [0.15, 0.2) is 12.4 Å². The van der Waals surface area contributed by atoms with Crippen molar-refractivity contribution in [1.29, 1.82) is 0 Å². The second-order valence-electron chi connectivity index (χ2n) is 4.70. The molecule has 1 aliphatic rings. The molecule has 0 atom stereocenters. The Balaban J connectivity index is 2.12. The molecule has 1 fully saturated rings. The van der Waals surface area contributed by atoms with Gasteiger partial charge < -0.3 is 15.3 Å². The maximum atomic E-state index is 12.4. The van der Waals surface area contributed by atoms with Crippen molar-refractivity contribution in [2.75, 3.05) is 25.5 Å². The number of hydrogen-bond acceptors (Lipinski definition) is 5. The van der Waals surface area contributed by atoms with Crippen LogP contribution in [0.2, 0.25) is 0 Å². The third-order valence-corrected chi connectivity index (χ3v) is 3.49. The zero-order chi connectivity index (χ0) is 13.7. The molecule has 0 unspecified atom stereocenters. The number of amides is 1. The first-order valence-corrected chi connectivity index (χ1v) is 6.68. The first kappa shape index (κ1) is 13.7. The number of hydrogen-bond donors (Lipinski definition) is 2. The van der Waals surface area contributed by atoms with Crippen LogP contribution in [0.1, 0.15) is 36.2 Å². The van der Waals surface area contributed by atoms with Gasteiger partial charge in [-0.2, -0.15) is 0 Å². The second kappa shape index (κ2) is 6.47. The van der Waals surface area contributed by atoms with Gasteiger partial charge in [-0.25, -0.2) is 9.97 Å². The normalized spacial score (nSPS) is 15.5. The fourth-order valence-corrected chi connectivity index (χ4v) is 2.49. The summed E-state index contributed by atoms with van der Waals surface area (Å²) in [6.07, 6.45) is 7.32. The molecular formula is C13H20N4O2. The van der Waals surface area contributed by atoms with Gasteiger partial charge in [0, 0.05) is 19.6 Å². The summed E-state index contributed by atoms with van der Waals surface area (Å²) in [5, 5.41) is 12.0. The van der Waals surface area contributed by atoms with Crippen LogP contribution in [0.3, 0.4) is 0 Å². The van der Waals surface area contributed by atoms with Gasteiger partial charge in [0.25, 0.3) is 5.91 Å². The summed E-state index contributed by atoms with van der Waals surface area (Å²) < 4.78 is 0. The van der Waals surface area contributed by atoms with Gasteiger partial charge in [0.05, 0.1) is 19.0 Å². The fourth-order valence-electron chi connectivity index (χ4n) is 2.49. The van der Waals surface area contributed by atoms with Crippen LogP contribution < -0.4 is 5.32 Å². The van der Waals surface area contributed by atoms with Crippen molar-refractivity contribution in [1.82, 2.24) is 14.9 Å². The highest BCUT2D eigenvalue weighted by molar-refractivity contribution is 5.92. The Labute approximate surface area is 112 Å². The topological polar surface area (TPSA) is 78.4 Å². The maximum Gasteiger partial charge on any atom is 0.274 e. The van der Waals surface area contributed by atoms with Crippen LogP contribution in [0.5, 0.6) is 0 Å². The van der Waals surface area contributed by atoms with Gasteiger partial charge in [0.15, 0.2) is 0 Å². The quantitative estimate of drug-likeness (QED) is 0.826. The minimum atomic E-state index is -0.142. The molecule has 0 bridgehead atoms. The van der Waals surface area contributed by atoms with E-state index in [1.54, 1.807) is 18.1 Å². The molecule has 2 N–H and O–H groups in total. The van der Waals surface area contributed by atoms with Gasteiger partial charge in [0.1, 0.15) is 11.5 Å². The van der Waals surface area contributed by atoms with Crippen LogP contribution in [0.4, 0.5) is 5.82 Å². The van der Waals surface area contributed by atoms with Crippen LogP contribution in [-0.2, 0) is 0 Å². The molecule has 104 valence electrons. The standard InChI is InChI=1S/C13H20N4O2/c1-14-12-9-15-11(8-16-12)13(19)17(6-7-18)10-4-2-3-5-10/h8-10,18H,2-7H2,1H3,(H,14,16). The Morgan fingerprint density at radius 3 is 2.68 bits per heavy atom. The highest BCUT2D eigenvalue weighted by Crippen LogP contribution is 2.24. The van der Waals surface area contributed by atoms with Crippen molar-refractivity contribution >= 4 is 11.7 Å². The van der Waals surface area contributed by atoms with Crippen molar-refractivity contribution in [3.63, 3.8) is 0 Å². The number of aliphatic hydroxyl groups excluding tert-OH is 1. The molecule has 0 aliphatic heterocycles. The molecular weight excluding hydrogens is 244 g/mol. The largest absolute Gasteiger partial charge is 0.395 e. The van der Waals surface area contributed by atoms with Gasteiger partial charge in [-0.05, 0) is 12.8 Å². The first-order chi connectivity index (χ1) is 9.26. The number of carbonyl (C=O) groups is 1. The van der Waals surface area contributed by atoms with Gasteiger partial charge in [-0.15, -0.1) is 0 Å². The average Bonchev–Trinajstić information content (AvgIpc) is 2.98. The van der Waals surface area contributed by atoms with Gasteiger partial charge in [-0.1, -0.05) is 12.8 Å². The van der Waals surface area contributed by atoms with E-state index in [0.717, 1.165) is 25.7 Å². The summed E-state index contributed by atoms with van der Waals surface area (Å²) in [4.78, 5) is 22.4. The van der Waals surface area contributed by atoms with Crippen molar-refractivity contribution in [2.24, 2.45) is 0 Å². The molecule has 1 aromatic heterocycles. The van der Waals surface area contributed by atoms with Crippen LogP contribution in [-0.4, -0.2) is 52.1 Å². The SMILES string of the molecule is CNc1cnc(C(=O)N(CCO)C2CCCC2)cn1. The Kier molecular flexibility index (Phi) is 4.68. The first-order valence-electron chi connectivity index (χ1n) is 6.68. The number of anilines is 1. The lowest BCUT2D eigenvalue weighted by molar-refractivity contribution is 0.0631. The molecule has 6 nitrogen and oxygen atoms in total. The smallest absolute Gasteiger partial charge is 0.274 e. The summed E-state index contributed by atoms with van der Waals surface area (Å²) in [7, 11) is 1.75. The molecule has 1 heterocycles. The molecule has 1 saturated carbocycles. The number of aliphatic hydroxyl groups is 1. The van der Waals surface area contributed by atoms with Crippen LogP contribution in [0.25, 0.3) is 0 Å². The average molecular weight is 264 g/mol. The lowest BCUT2D eigenvalue weighted by Gasteiger charge is -2.27. The Bertz CT molecular complexity index is 415. The molecule has 0 radical (unpaired) electrons. The molecule has 0 spiro atoms. The summed E-state index contributed by atoms with van der Waals surface area (Å²) >= 11 is 0. The summed E-state index contributed by atoms with van der Waals surface area (Å²) in [5.41, 5.74) is 0.333. The van der Waals surface area contributed by atoms with Crippen LogP contribution in [0, 0.1) is 0 Å². The van der Waals surface area contributed by atoms with Crippen molar-refractivity contribution in [2.45, 2.75) is 31.7 Å². The highest BCUT2D eigenvalue weighted by Gasteiger charge is 2.27. The van der Waals surface area contributed by atoms with E-state index in [2.05, 4.69) is 15.3 Å². The van der Waals surface area contributed by atoms with E-state index >= 15 is 0 Å². The molecule has 1 aliphatic carbocycles. The predicted molar refractivity (Wildman–Crippen MR) is 72.0 cm³/mol. The van der Waals surface area contributed by atoms with E-state index in [1.807, 2.05) is 0 Å². The zero-order valence-corrected chi connectivity index (χ0v) is 11.2. The van der Waals surface area contributed by atoms with E-state index in [-0.39, 0.29) is 18.6 Å². The molecule has 2 rings (SSSR count). The minimum Gasteiger partial charge on any atom is -0.395 e. The van der Waals surface area contributed by atoms with E-state index in [0.29, 0.717) is 18.1 Å². The monoisotopic (exact) mass is 264 g/mol. The number of nitrogens with one attached hydrogen (secondary N) is 1. The second-order valence-corrected chi connectivity index (χ2v) is 4.70. The predicted octanol–water partition coefficient (Wildman–Crippen LogP) is 0.895. The Morgan fingerprint density at radius 1 is 1.42 bits per heavy atom. The zero-order valence-electron chi connectivity index (χ0n) is 11.2. The van der Waals surface area contributed by atoms with Gasteiger partial charge in [-0.3, -0.25) is 4.79 Å². The van der Waals surface area contributed by atoms with Gasteiger partial charge in [0.2, 0.25) is 0 Å². The lowest BCUT2D eigenvalue weighted by atomic mass is 10.2. The number of rotatable bonds is 5. The fraction of sp³-hybridized carbons (Fsp3) is 0.615. The Morgan fingerprint density at radius 2 is 2.16 bits per heavy atom. The number of aromatic nitrogens is 2. The van der Waals surface area contributed by atoms with E-state index in [4.69, 9.17) is 5.11 Å². The van der Waals surface area contributed by atoms with Crippen LogP contribution >= 0.6 is 0 Å². The molecule has 1 amide bonds. The van der Waals surface area contributed by atoms with Crippen molar-refractivity contribution in [3.05, 3.63) is 18.1 Å².